The molecule has 0 bridgehead atoms. The quantitative estimate of drug-likeness (QED) is 0.909. The maximum Gasteiger partial charge on any atom is 0.253 e. The van der Waals surface area contributed by atoms with Crippen LogP contribution in [0.15, 0.2) is 42.5 Å². The number of carbonyl (C=O) groups excluding carboxylic acids is 1. The minimum Gasteiger partial charge on any atom is -0.348 e. The van der Waals surface area contributed by atoms with Gasteiger partial charge >= 0.3 is 0 Å². The van der Waals surface area contributed by atoms with Crippen molar-refractivity contribution in [3.05, 3.63) is 69.5 Å². The lowest BCUT2D eigenvalue weighted by molar-refractivity contribution is 0.0951. The van der Waals surface area contributed by atoms with Gasteiger partial charge < -0.3 is 5.32 Å². The first kappa shape index (κ1) is 13.8. The molecule has 2 aromatic rings. The second kappa shape index (κ2) is 6.04. The summed E-state index contributed by atoms with van der Waals surface area (Å²) >= 11 is 11.6. The molecule has 0 aromatic heterocycles. The molecule has 0 aliphatic carbocycles. The van der Waals surface area contributed by atoms with Gasteiger partial charge in [0.05, 0.1) is 10.6 Å². The van der Waals surface area contributed by atoms with Crippen LogP contribution in [-0.4, -0.2) is 5.91 Å². The zero-order chi connectivity index (χ0) is 13.8. The fourth-order valence-electron chi connectivity index (χ4n) is 1.55. The van der Waals surface area contributed by atoms with Gasteiger partial charge in [0.1, 0.15) is 5.82 Å². The summed E-state index contributed by atoms with van der Waals surface area (Å²) < 4.78 is 12.9. The normalized spacial score (nSPS) is 10.3. The highest BCUT2D eigenvalue weighted by atomic mass is 35.5. The number of benzene rings is 2. The lowest BCUT2D eigenvalue weighted by atomic mass is 10.2. The summed E-state index contributed by atoms with van der Waals surface area (Å²) in [5.41, 5.74) is 1.16. The fraction of sp³-hybridized carbons (Fsp3) is 0.0714. The van der Waals surface area contributed by atoms with E-state index < -0.39 is 5.82 Å². The van der Waals surface area contributed by atoms with Crippen molar-refractivity contribution in [3.8, 4) is 0 Å². The molecule has 19 heavy (non-hydrogen) atoms. The summed E-state index contributed by atoms with van der Waals surface area (Å²) in [4.78, 5) is 11.9. The van der Waals surface area contributed by atoms with Crippen molar-refractivity contribution in [3.63, 3.8) is 0 Å². The summed E-state index contributed by atoms with van der Waals surface area (Å²) in [7, 11) is 0. The predicted octanol–water partition coefficient (Wildman–Crippen LogP) is 4.06. The summed E-state index contributed by atoms with van der Waals surface area (Å²) in [5.74, 6) is -0.820. The van der Waals surface area contributed by atoms with E-state index in [4.69, 9.17) is 23.2 Å². The van der Waals surface area contributed by atoms with Crippen LogP contribution in [0.1, 0.15) is 15.9 Å². The molecule has 2 aromatic carbocycles. The van der Waals surface area contributed by atoms with Gasteiger partial charge in [-0.15, -0.1) is 0 Å². The highest BCUT2D eigenvalue weighted by Gasteiger charge is 2.10. The maximum absolute atomic E-state index is 12.9. The second-order valence-electron chi connectivity index (χ2n) is 3.93. The average molecular weight is 298 g/mol. The number of hydrogen-bond acceptors (Lipinski definition) is 1. The molecule has 2 nitrogen and oxygen atoms in total. The second-order valence-corrected chi connectivity index (χ2v) is 4.78. The van der Waals surface area contributed by atoms with E-state index in [0.717, 1.165) is 11.6 Å². The third kappa shape index (κ3) is 3.69. The van der Waals surface area contributed by atoms with Gasteiger partial charge in [-0.3, -0.25) is 4.79 Å². The fourth-order valence-corrected chi connectivity index (χ4v) is 1.93. The van der Waals surface area contributed by atoms with Crippen molar-refractivity contribution in [1.29, 1.82) is 0 Å². The lowest BCUT2D eigenvalue weighted by Crippen LogP contribution is -2.23. The molecule has 0 radical (unpaired) electrons. The number of nitrogens with one attached hydrogen (secondary N) is 1. The SMILES string of the molecule is O=C(NCc1ccc(Cl)cc1)c1ccc(F)cc1Cl. The molecule has 0 aliphatic heterocycles. The van der Waals surface area contributed by atoms with Crippen molar-refractivity contribution in [2.75, 3.05) is 0 Å². The molecule has 0 aliphatic rings. The molecule has 0 fully saturated rings. The standard InChI is InChI=1S/C14H10Cl2FNO/c15-10-3-1-9(2-4-10)8-18-14(19)12-6-5-11(17)7-13(12)16/h1-7H,8H2,(H,18,19). The Labute approximate surface area is 120 Å². The molecule has 0 spiro atoms. The zero-order valence-corrected chi connectivity index (χ0v) is 11.3. The van der Waals surface area contributed by atoms with E-state index in [9.17, 15) is 9.18 Å². The highest BCUT2D eigenvalue weighted by Crippen LogP contribution is 2.17. The third-order valence-corrected chi connectivity index (χ3v) is 3.11. The average Bonchev–Trinajstić information content (AvgIpc) is 2.37. The van der Waals surface area contributed by atoms with Crippen LogP contribution in [-0.2, 0) is 6.54 Å². The van der Waals surface area contributed by atoms with Crippen LogP contribution in [0.2, 0.25) is 10.0 Å². The number of rotatable bonds is 3. The Morgan fingerprint density at radius 1 is 1.11 bits per heavy atom. The van der Waals surface area contributed by atoms with Gasteiger partial charge in [0.15, 0.2) is 0 Å². The Kier molecular flexibility index (Phi) is 4.40. The van der Waals surface area contributed by atoms with Crippen LogP contribution < -0.4 is 5.32 Å². The van der Waals surface area contributed by atoms with Crippen molar-refractivity contribution >= 4 is 29.1 Å². The van der Waals surface area contributed by atoms with Gasteiger partial charge in [0, 0.05) is 11.6 Å². The van der Waals surface area contributed by atoms with Crippen molar-refractivity contribution in [2.45, 2.75) is 6.54 Å². The molecule has 0 saturated heterocycles. The van der Waals surface area contributed by atoms with Crippen LogP contribution in [0.5, 0.6) is 0 Å². The highest BCUT2D eigenvalue weighted by molar-refractivity contribution is 6.33. The molecule has 0 saturated carbocycles. The van der Waals surface area contributed by atoms with Gasteiger partial charge in [0.2, 0.25) is 0 Å². The van der Waals surface area contributed by atoms with Crippen molar-refractivity contribution in [1.82, 2.24) is 5.32 Å². The zero-order valence-electron chi connectivity index (χ0n) is 9.79. The number of halogens is 3. The molecule has 2 rings (SSSR count). The van der Waals surface area contributed by atoms with Gasteiger partial charge in [-0.05, 0) is 35.9 Å². The van der Waals surface area contributed by atoms with Crippen molar-refractivity contribution < 1.29 is 9.18 Å². The molecule has 5 heteroatoms. The first-order valence-corrected chi connectivity index (χ1v) is 6.29. The molecule has 0 heterocycles. The Hall–Kier alpha value is -1.58. The van der Waals surface area contributed by atoms with Gasteiger partial charge in [0.25, 0.3) is 5.91 Å². The number of hydrogen-bond donors (Lipinski definition) is 1. The van der Waals surface area contributed by atoms with Gasteiger partial charge in [-0.1, -0.05) is 35.3 Å². The van der Waals surface area contributed by atoms with Crippen LogP contribution in [0, 0.1) is 5.82 Å². The van der Waals surface area contributed by atoms with Crippen LogP contribution in [0.25, 0.3) is 0 Å². The minimum absolute atomic E-state index is 0.0913. The maximum atomic E-state index is 12.9. The van der Waals surface area contributed by atoms with Gasteiger partial charge in [-0.2, -0.15) is 0 Å². The molecule has 0 unspecified atom stereocenters. The van der Waals surface area contributed by atoms with E-state index in [1.807, 2.05) is 12.1 Å². The van der Waals surface area contributed by atoms with Crippen LogP contribution in [0.4, 0.5) is 4.39 Å². The van der Waals surface area contributed by atoms with E-state index in [1.165, 1.54) is 12.1 Å². The lowest BCUT2D eigenvalue weighted by Gasteiger charge is -2.07. The summed E-state index contributed by atoms with van der Waals surface area (Å²) in [5, 5.41) is 3.43. The van der Waals surface area contributed by atoms with E-state index in [1.54, 1.807) is 12.1 Å². The third-order valence-electron chi connectivity index (χ3n) is 2.54. The monoisotopic (exact) mass is 297 g/mol. The Bertz CT molecular complexity index is 599. The smallest absolute Gasteiger partial charge is 0.253 e. The topological polar surface area (TPSA) is 29.1 Å². The van der Waals surface area contributed by atoms with E-state index in [2.05, 4.69) is 5.32 Å². The van der Waals surface area contributed by atoms with Crippen LogP contribution in [0.3, 0.4) is 0 Å². The predicted molar refractivity (Wildman–Crippen MR) is 74.0 cm³/mol. The van der Waals surface area contributed by atoms with Crippen LogP contribution >= 0.6 is 23.2 Å². The Morgan fingerprint density at radius 2 is 1.79 bits per heavy atom. The molecular formula is C14H10Cl2FNO. The molecule has 0 atom stereocenters. The largest absolute Gasteiger partial charge is 0.348 e. The summed E-state index contributed by atoms with van der Waals surface area (Å²) in [6.07, 6.45) is 0. The Balaban J connectivity index is 2.03. The molecule has 1 N–H and O–H groups in total. The minimum atomic E-state index is -0.473. The molecular weight excluding hydrogens is 288 g/mol. The Morgan fingerprint density at radius 3 is 2.42 bits per heavy atom. The number of carbonyl (C=O) groups is 1. The summed E-state index contributed by atoms with van der Waals surface area (Å²) in [6, 6.07) is 10.8. The first-order valence-electron chi connectivity index (χ1n) is 5.54. The molecule has 98 valence electrons. The van der Waals surface area contributed by atoms with Crippen molar-refractivity contribution in [2.24, 2.45) is 0 Å². The summed E-state index contributed by atoms with van der Waals surface area (Å²) in [6.45, 7) is 0.351. The first-order chi connectivity index (χ1) is 9.06. The van der Waals surface area contributed by atoms with Gasteiger partial charge in [-0.25, -0.2) is 4.39 Å². The molecule has 1 amide bonds. The van der Waals surface area contributed by atoms with E-state index >= 15 is 0 Å². The number of amides is 1. The van der Waals surface area contributed by atoms with E-state index in [-0.39, 0.29) is 16.5 Å². The van der Waals surface area contributed by atoms with E-state index in [0.29, 0.717) is 11.6 Å².